The van der Waals surface area contributed by atoms with Gasteiger partial charge in [-0.15, -0.1) is 0 Å². The zero-order valence-corrected chi connectivity index (χ0v) is 39.7. The maximum Gasteiger partial charge on any atom is 0.306 e. The molecule has 3 atom stereocenters. The van der Waals surface area contributed by atoms with Gasteiger partial charge in [0.25, 0.3) is 0 Å². The summed E-state index contributed by atoms with van der Waals surface area (Å²) in [5, 5.41) is 23.7. The van der Waals surface area contributed by atoms with Gasteiger partial charge in [0, 0.05) is 6.42 Å². The number of hydrogen-bond donors (Lipinski definition) is 3. The Morgan fingerprint density at radius 2 is 0.847 bits per heavy atom. The van der Waals surface area contributed by atoms with Crippen LogP contribution < -0.4 is 5.32 Å². The highest BCUT2D eigenvalue weighted by Crippen LogP contribution is 2.18. The Bertz CT molecular complexity index is 935. The molecule has 6 nitrogen and oxygen atoms in total. The number of allylic oxidation sites excluding steroid dienone is 4. The van der Waals surface area contributed by atoms with Crippen LogP contribution in [0.5, 0.6) is 0 Å². The van der Waals surface area contributed by atoms with Gasteiger partial charge in [-0.1, -0.05) is 238 Å². The van der Waals surface area contributed by atoms with Crippen molar-refractivity contribution in [3.05, 3.63) is 24.3 Å². The molecule has 1 amide bonds. The number of nitrogens with one attached hydrogen (secondary N) is 1. The Kier molecular flexibility index (Phi) is 46.1. The molecule has 348 valence electrons. The molecule has 0 aromatic carbocycles. The van der Waals surface area contributed by atoms with Gasteiger partial charge in [0.15, 0.2) is 0 Å². The van der Waals surface area contributed by atoms with Crippen molar-refractivity contribution in [2.45, 2.75) is 296 Å². The second-order valence-electron chi connectivity index (χ2n) is 18.0. The van der Waals surface area contributed by atoms with E-state index < -0.39 is 18.2 Å². The highest BCUT2D eigenvalue weighted by Gasteiger charge is 2.24. The number of ether oxygens (including phenoxy) is 1. The molecule has 0 spiro atoms. The maximum absolute atomic E-state index is 13.2. The van der Waals surface area contributed by atoms with Crippen LogP contribution >= 0.6 is 0 Å². The molecule has 0 rings (SSSR count). The monoisotopic (exact) mass is 832 g/mol. The number of esters is 1. The third-order valence-electron chi connectivity index (χ3n) is 12.1. The predicted octanol–water partition coefficient (Wildman–Crippen LogP) is 15.5. The number of hydrogen-bond acceptors (Lipinski definition) is 5. The minimum atomic E-state index is -0.784. The highest BCUT2D eigenvalue weighted by molar-refractivity contribution is 5.77. The van der Waals surface area contributed by atoms with Gasteiger partial charge in [0.2, 0.25) is 5.91 Å². The van der Waals surface area contributed by atoms with Gasteiger partial charge >= 0.3 is 5.97 Å². The van der Waals surface area contributed by atoms with Gasteiger partial charge < -0.3 is 20.3 Å². The number of amides is 1. The third-order valence-corrected chi connectivity index (χ3v) is 12.1. The lowest BCUT2D eigenvalue weighted by molar-refractivity contribution is -0.151. The molecule has 3 unspecified atom stereocenters. The van der Waals surface area contributed by atoms with E-state index in [-0.39, 0.29) is 24.9 Å². The minimum Gasteiger partial charge on any atom is -0.462 e. The molecular formula is C53H101NO5. The molecule has 0 radical (unpaired) electrons. The standard InChI is InChI=1S/C53H101NO5/c1-4-7-10-13-16-19-22-24-26-28-30-32-35-38-41-44-49(59-53(58)46-43-40-37-34-31-29-27-25-23-20-17-14-11-8-5-2)47-52(57)54-50(48-55)51(56)45-42-39-36-33-21-18-15-12-9-6-3/h17,20,23,25,49-51,55-56H,4-16,18-19,21-22,24,26-48H2,1-3H3,(H,54,57)/b20-17+,25-23+. The SMILES string of the molecule is CCCCC/C=C/C=C/CCCCCCCCC(=O)OC(CCCCCCCCCCCCCCCCC)CC(=O)NC(CO)C(O)CCCCCCCCCCCC. The first-order chi connectivity index (χ1) is 29.0. The van der Waals surface area contributed by atoms with E-state index in [0.717, 1.165) is 51.4 Å². The summed E-state index contributed by atoms with van der Waals surface area (Å²) in [7, 11) is 0. The molecule has 59 heavy (non-hydrogen) atoms. The molecule has 0 heterocycles. The molecule has 3 N–H and O–H groups in total. The Morgan fingerprint density at radius 3 is 1.29 bits per heavy atom. The molecule has 0 aliphatic carbocycles. The van der Waals surface area contributed by atoms with Crippen molar-refractivity contribution in [1.82, 2.24) is 5.32 Å². The minimum absolute atomic E-state index is 0.0783. The lowest BCUT2D eigenvalue weighted by Crippen LogP contribution is -2.46. The number of carbonyl (C=O) groups is 2. The van der Waals surface area contributed by atoms with Crippen LogP contribution in [0.4, 0.5) is 0 Å². The summed E-state index contributed by atoms with van der Waals surface area (Å²) in [5.74, 6) is -0.473. The summed E-state index contributed by atoms with van der Waals surface area (Å²) in [4.78, 5) is 26.1. The molecule has 6 heteroatoms. The lowest BCUT2D eigenvalue weighted by atomic mass is 10.0. The number of carbonyl (C=O) groups excluding carboxylic acids is 2. The summed E-state index contributed by atoms with van der Waals surface area (Å²) in [5.41, 5.74) is 0. The van der Waals surface area contributed by atoms with Gasteiger partial charge in [0.05, 0.1) is 25.2 Å². The predicted molar refractivity (Wildman–Crippen MR) is 255 cm³/mol. The average molecular weight is 832 g/mol. The molecule has 0 aromatic rings. The first-order valence-electron chi connectivity index (χ1n) is 26.1. The average Bonchev–Trinajstić information content (AvgIpc) is 3.23. The smallest absolute Gasteiger partial charge is 0.306 e. The summed E-state index contributed by atoms with van der Waals surface area (Å²) < 4.78 is 5.94. The van der Waals surface area contributed by atoms with Crippen LogP contribution in [0.25, 0.3) is 0 Å². The summed E-state index contributed by atoms with van der Waals surface area (Å²) >= 11 is 0. The van der Waals surface area contributed by atoms with Crippen molar-refractivity contribution in [3.8, 4) is 0 Å². The van der Waals surface area contributed by atoms with Gasteiger partial charge in [-0.2, -0.15) is 0 Å². The van der Waals surface area contributed by atoms with Crippen molar-refractivity contribution in [3.63, 3.8) is 0 Å². The first-order valence-corrected chi connectivity index (χ1v) is 26.1. The van der Waals surface area contributed by atoms with E-state index >= 15 is 0 Å². The first kappa shape index (κ1) is 57.3. The largest absolute Gasteiger partial charge is 0.462 e. The molecule has 0 aliphatic rings. The van der Waals surface area contributed by atoms with Crippen LogP contribution in [-0.2, 0) is 14.3 Å². The summed E-state index contributed by atoms with van der Waals surface area (Å²) in [6.07, 6.45) is 53.8. The van der Waals surface area contributed by atoms with Crippen molar-refractivity contribution >= 4 is 11.9 Å². The lowest BCUT2D eigenvalue weighted by Gasteiger charge is -2.24. The molecular weight excluding hydrogens is 731 g/mol. The van der Waals surface area contributed by atoms with E-state index in [2.05, 4.69) is 50.4 Å². The quantitative estimate of drug-likeness (QED) is 0.0322. The van der Waals surface area contributed by atoms with Crippen LogP contribution in [0.2, 0.25) is 0 Å². The summed E-state index contributed by atoms with van der Waals surface area (Å²) in [6, 6.07) is -0.698. The van der Waals surface area contributed by atoms with Crippen LogP contribution in [-0.4, -0.2) is 46.9 Å². The fraction of sp³-hybridized carbons (Fsp3) is 0.887. The van der Waals surface area contributed by atoms with Gasteiger partial charge in [0.1, 0.15) is 6.10 Å². The Balaban J connectivity index is 4.57. The van der Waals surface area contributed by atoms with E-state index in [1.165, 1.54) is 180 Å². The van der Waals surface area contributed by atoms with E-state index in [9.17, 15) is 19.8 Å². The van der Waals surface area contributed by atoms with Gasteiger partial charge in [-0.25, -0.2) is 0 Å². The fourth-order valence-corrected chi connectivity index (χ4v) is 8.07. The topological polar surface area (TPSA) is 95.9 Å². The van der Waals surface area contributed by atoms with Gasteiger partial charge in [-0.05, 0) is 51.4 Å². The van der Waals surface area contributed by atoms with Crippen molar-refractivity contribution in [1.29, 1.82) is 0 Å². The molecule has 0 aliphatic heterocycles. The highest BCUT2D eigenvalue weighted by atomic mass is 16.5. The number of aliphatic hydroxyl groups excluding tert-OH is 2. The third kappa shape index (κ3) is 42.8. The number of rotatable bonds is 47. The maximum atomic E-state index is 13.2. The van der Waals surface area contributed by atoms with E-state index in [1.807, 2.05) is 0 Å². The van der Waals surface area contributed by atoms with Crippen LogP contribution in [0.15, 0.2) is 24.3 Å². The number of aliphatic hydroxyl groups is 2. The van der Waals surface area contributed by atoms with Crippen molar-refractivity contribution in [2.75, 3.05) is 6.61 Å². The van der Waals surface area contributed by atoms with Crippen molar-refractivity contribution in [2.24, 2.45) is 0 Å². The van der Waals surface area contributed by atoms with E-state index in [1.54, 1.807) is 0 Å². The zero-order chi connectivity index (χ0) is 43.1. The Morgan fingerprint density at radius 1 is 0.492 bits per heavy atom. The molecule has 0 bridgehead atoms. The van der Waals surface area contributed by atoms with E-state index in [4.69, 9.17) is 4.74 Å². The molecule has 0 aromatic heterocycles. The Hall–Kier alpha value is -1.66. The van der Waals surface area contributed by atoms with Crippen LogP contribution in [0.1, 0.15) is 278 Å². The number of unbranched alkanes of at least 4 members (excludes halogenated alkanes) is 32. The normalized spacial score (nSPS) is 13.4. The molecule has 0 fully saturated rings. The second-order valence-corrected chi connectivity index (χ2v) is 18.0. The van der Waals surface area contributed by atoms with Crippen LogP contribution in [0, 0.1) is 0 Å². The fourth-order valence-electron chi connectivity index (χ4n) is 8.07. The van der Waals surface area contributed by atoms with Gasteiger partial charge in [-0.3, -0.25) is 9.59 Å². The Labute approximate surface area is 367 Å². The summed E-state index contributed by atoms with van der Waals surface area (Å²) in [6.45, 7) is 6.46. The van der Waals surface area contributed by atoms with Crippen molar-refractivity contribution < 1.29 is 24.5 Å². The van der Waals surface area contributed by atoms with E-state index in [0.29, 0.717) is 19.3 Å². The molecule has 0 saturated heterocycles. The van der Waals surface area contributed by atoms with Crippen LogP contribution in [0.3, 0.4) is 0 Å². The second kappa shape index (κ2) is 47.4. The molecule has 0 saturated carbocycles. The zero-order valence-electron chi connectivity index (χ0n) is 39.7.